The average molecular weight is 359 g/mol. The summed E-state index contributed by atoms with van der Waals surface area (Å²) in [7, 11) is -3.62. The number of aryl methyl sites for hydroxylation is 2. The summed E-state index contributed by atoms with van der Waals surface area (Å²) in [5.74, 6) is 0.168. The third-order valence-electron chi connectivity index (χ3n) is 4.40. The maximum atomic E-state index is 12.5. The number of hydrogen-bond donors (Lipinski definition) is 0. The van der Waals surface area contributed by atoms with Crippen molar-refractivity contribution >= 4 is 15.9 Å². The van der Waals surface area contributed by atoms with Crippen LogP contribution in [0.15, 0.2) is 42.5 Å². The van der Waals surface area contributed by atoms with Gasteiger partial charge in [0.15, 0.2) is 0 Å². The molecule has 0 saturated heterocycles. The van der Waals surface area contributed by atoms with Crippen LogP contribution < -0.4 is 4.74 Å². The van der Waals surface area contributed by atoms with E-state index in [0.717, 1.165) is 15.6 Å². The molecule has 5 nitrogen and oxygen atoms in total. The molecule has 0 unspecified atom stereocenters. The second-order valence-electron chi connectivity index (χ2n) is 6.24. The molecule has 0 atom stereocenters. The minimum Gasteiger partial charge on any atom is -0.494 e. The first kappa shape index (κ1) is 17.5. The lowest BCUT2D eigenvalue weighted by Crippen LogP contribution is -2.42. The lowest BCUT2D eigenvalue weighted by atomic mass is 10.1. The second-order valence-corrected chi connectivity index (χ2v) is 8.13. The first-order chi connectivity index (χ1) is 11.9. The van der Waals surface area contributed by atoms with E-state index < -0.39 is 15.9 Å². The van der Waals surface area contributed by atoms with Crippen LogP contribution in [0.2, 0.25) is 0 Å². The van der Waals surface area contributed by atoms with Crippen molar-refractivity contribution in [2.75, 3.05) is 13.2 Å². The molecule has 0 radical (unpaired) electrons. The van der Waals surface area contributed by atoms with Gasteiger partial charge in [-0.1, -0.05) is 24.3 Å². The molecule has 1 aliphatic heterocycles. The molecule has 0 aliphatic carbocycles. The predicted octanol–water partition coefficient (Wildman–Crippen LogP) is 3.06. The van der Waals surface area contributed by atoms with Gasteiger partial charge in [0.05, 0.1) is 12.4 Å². The number of ether oxygens (including phenoxy) is 1. The van der Waals surface area contributed by atoms with Gasteiger partial charge in [0, 0.05) is 18.5 Å². The van der Waals surface area contributed by atoms with E-state index in [1.165, 1.54) is 5.56 Å². The number of benzene rings is 2. The van der Waals surface area contributed by atoms with Crippen molar-refractivity contribution in [3.05, 3.63) is 64.7 Å². The minimum atomic E-state index is -3.62. The summed E-state index contributed by atoms with van der Waals surface area (Å²) in [6.07, 6.45) is 0.445. The van der Waals surface area contributed by atoms with Crippen LogP contribution in [0, 0.1) is 13.8 Å². The Morgan fingerprint density at radius 3 is 2.60 bits per heavy atom. The monoisotopic (exact) mass is 359 g/mol. The molecule has 0 saturated carbocycles. The molecule has 0 fully saturated rings. The standard InChI is InChI=1S/C19H21NO4S/c1-14-8-9-17(12-15(14)2)24-11-5-10-20-19(21)18-7-4-3-6-16(18)13-25(20,22)23/h3-4,6-9,12H,5,10-11,13H2,1-2H3. The van der Waals surface area contributed by atoms with E-state index in [0.29, 0.717) is 24.2 Å². The highest BCUT2D eigenvalue weighted by Gasteiger charge is 2.35. The van der Waals surface area contributed by atoms with Crippen LogP contribution in [0.4, 0.5) is 0 Å². The highest BCUT2D eigenvalue weighted by Crippen LogP contribution is 2.24. The summed E-state index contributed by atoms with van der Waals surface area (Å²) >= 11 is 0. The Balaban J connectivity index is 1.62. The van der Waals surface area contributed by atoms with E-state index in [-0.39, 0.29) is 12.3 Å². The van der Waals surface area contributed by atoms with Crippen LogP contribution in [0.5, 0.6) is 5.75 Å². The fraction of sp³-hybridized carbons (Fsp3) is 0.316. The Morgan fingerprint density at radius 1 is 1.08 bits per heavy atom. The van der Waals surface area contributed by atoms with E-state index in [9.17, 15) is 13.2 Å². The van der Waals surface area contributed by atoms with Gasteiger partial charge in [-0.05, 0) is 48.7 Å². The van der Waals surface area contributed by atoms with Crippen LogP contribution in [-0.2, 0) is 15.8 Å². The zero-order valence-corrected chi connectivity index (χ0v) is 15.2. The van der Waals surface area contributed by atoms with Gasteiger partial charge in [0.1, 0.15) is 5.75 Å². The maximum absolute atomic E-state index is 12.5. The fourth-order valence-corrected chi connectivity index (χ4v) is 4.39. The molecule has 0 aromatic heterocycles. The Labute approximate surface area is 148 Å². The van der Waals surface area contributed by atoms with Gasteiger partial charge in [-0.3, -0.25) is 4.79 Å². The van der Waals surface area contributed by atoms with Gasteiger partial charge in [-0.2, -0.15) is 0 Å². The van der Waals surface area contributed by atoms with E-state index >= 15 is 0 Å². The fourth-order valence-electron chi connectivity index (χ4n) is 2.83. The van der Waals surface area contributed by atoms with Crippen molar-refractivity contribution in [2.24, 2.45) is 0 Å². The molecule has 132 valence electrons. The molecule has 2 aromatic carbocycles. The molecule has 0 spiro atoms. The van der Waals surface area contributed by atoms with Crippen LogP contribution in [0.1, 0.15) is 33.5 Å². The first-order valence-electron chi connectivity index (χ1n) is 8.21. The molecule has 25 heavy (non-hydrogen) atoms. The zero-order valence-electron chi connectivity index (χ0n) is 14.4. The zero-order chi connectivity index (χ0) is 18.0. The number of amides is 1. The molecular formula is C19H21NO4S. The maximum Gasteiger partial charge on any atom is 0.267 e. The summed E-state index contributed by atoms with van der Waals surface area (Å²) in [5.41, 5.74) is 3.36. The van der Waals surface area contributed by atoms with E-state index in [4.69, 9.17) is 4.74 Å². The molecule has 0 bridgehead atoms. The molecule has 0 N–H and O–H groups in total. The van der Waals surface area contributed by atoms with Crippen molar-refractivity contribution in [3.8, 4) is 5.75 Å². The topological polar surface area (TPSA) is 63.7 Å². The molecule has 2 aromatic rings. The smallest absolute Gasteiger partial charge is 0.267 e. The number of nitrogens with zero attached hydrogens (tertiary/aromatic N) is 1. The Bertz CT molecular complexity index is 905. The largest absolute Gasteiger partial charge is 0.494 e. The quantitative estimate of drug-likeness (QED) is 0.770. The molecule has 1 heterocycles. The van der Waals surface area contributed by atoms with Gasteiger partial charge in [0.25, 0.3) is 5.91 Å². The van der Waals surface area contributed by atoms with Gasteiger partial charge >= 0.3 is 0 Å². The molecular weight excluding hydrogens is 338 g/mol. The molecule has 1 amide bonds. The lowest BCUT2D eigenvalue weighted by molar-refractivity contribution is 0.0851. The highest BCUT2D eigenvalue weighted by molar-refractivity contribution is 7.89. The van der Waals surface area contributed by atoms with Crippen LogP contribution in [0.25, 0.3) is 0 Å². The number of sulfonamides is 1. The van der Waals surface area contributed by atoms with Gasteiger partial charge in [-0.25, -0.2) is 12.7 Å². The van der Waals surface area contributed by atoms with E-state index in [1.807, 2.05) is 32.0 Å². The third kappa shape index (κ3) is 3.69. The lowest BCUT2D eigenvalue weighted by Gasteiger charge is -2.28. The highest BCUT2D eigenvalue weighted by atomic mass is 32.2. The van der Waals surface area contributed by atoms with Crippen molar-refractivity contribution in [1.82, 2.24) is 4.31 Å². The van der Waals surface area contributed by atoms with Gasteiger partial charge in [-0.15, -0.1) is 0 Å². The number of hydrogen-bond acceptors (Lipinski definition) is 4. The van der Waals surface area contributed by atoms with Crippen molar-refractivity contribution in [1.29, 1.82) is 0 Å². The summed E-state index contributed by atoms with van der Waals surface area (Å²) in [6.45, 7) is 4.52. The average Bonchev–Trinajstić information content (AvgIpc) is 2.56. The number of rotatable bonds is 5. The van der Waals surface area contributed by atoms with Crippen LogP contribution in [-0.4, -0.2) is 31.8 Å². The number of carbonyl (C=O) groups excluding carboxylic acids is 1. The van der Waals surface area contributed by atoms with Crippen LogP contribution in [0.3, 0.4) is 0 Å². The Hall–Kier alpha value is -2.34. The summed E-state index contributed by atoms with van der Waals surface area (Å²) in [6, 6.07) is 12.7. The minimum absolute atomic E-state index is 0.125. The summed E-state index contributed by atoms with van der Waals surface area (Å²) in [4.78, 5) is 12.5. The number of fused-ring (bicyclic) bond motifs is 1. The predicted molar refractivity (Wildman–Crippen MR) is 96.1 cm³/mol. The van der Waals surface area contributed by atoms with E-state index in [1.54, 1.807) is 24.3 Å². The van der Waals surface area contributed by atoms with Gasteiger partial charge < -0.3 is 4.74 Å². The summed E-state index contributed by atoms with van der Waals surface area (Å²) < 4.78 is 31.4. The van der Waals surface area contributed by atoms with Gasteiger partial charge in [0.2, 0.25) is 10.0 Å². The Morgan fingerprint density at radius 2 is 1.84 bits per heavy atom. The third-order valence-corrected chi connectivity index (χ3v) is 6.10. The Kier molecular flexibility index (Phi) is 4.81. The molecule has 3 rings (SSSR count). The molecule has 1 aliphatic rings. The second kappa shape index (κ2) is 6.88. The normalized spacial score (nSPS) is 15.8. The van der Waals surface area contributed by atoms with Crippen molar-refractivity contribution in [2.45, 2.75) is 26.0 Å². The van der Waals surface area contributed by atoms with Crippen molar-refractivity contribution in [3.63, 3.8) is 0 Å². The van der Waals surface area contributed by atoms with Crippen LogP contribution >= 0.6 is 0 Å². The van der Waals surface area contributed by atoms with E-state index in [2.05, 4.69) is 0 Å². The summed E-state index contributed by atoms with van der Waals surface area (Å²) in [5, 5.41) is 0. The molecule has 6 heteroatoms. The van der Waals surface area contributed by atoms with Crippen molar-refractivity contribution < 1.29 is 17.9 Å². The first-order valence-corrected chi connectivity index (χ1v) is 9.82. The SMILES string of the molecule is Cc1ccc(OCCCN2C(=O)c3ccccc3CS2(=O)=O)cc1C. The number of carbonyl (C=O) groups is 1.